The molecule has 1 unspecified atom stereocenters. The maximum absolute atomic E-state index is 12.4. The summed E-state index contributed by atoms with van der Waals surface area (Å²) in [7, 11) is 0. The molecule has 0 aliphatic carbocycles. The Morgan fingerprint density at radius 1 is 0.286 bits per heavy atom. The molecule has 0 heterocycles. The molecule has 5 nitrogen and oxygen atoms in total. The van der Waals surface area contributed by atoms with Crippen LogP contribution >= 0.6 is 0 Å². The van der Waals surface area contributed by atoms with Crippen LogP contribution in [0.5, 0.6) is 0 Å². The molecule has 0 radical (unpaired) electrons. The molecular formula is C79H142O5. The summed E-state index contributed by atoms with van der Waals surface area (Å²) in [5.74, 6) is -0.572. The highest BCUT2D eigenvalue weighted by atomic mass is 16.6. The molecule has 0 aliphatic heterocycles. The van der Waals surface area contributed by atoms with Gasteiger partial charge in [-0.2, -0.15) is 0 Å². The van der Waals surface area contributed by atoms with Gasteiger partial charge in [0.2, 0.25) is 0 Å². The van der Waals surface area contributed by atoms with Gasteiger partial charge in [-0.3, -0.25) is 9.59 Å². The Morgan fingerprint density at radius 3 is 0.774 bits per heavy atom. The number of ether oxygens (including phenoxy) is 2. The Bertz CT molecular complexity index is 1520. The summed E-state index contributed by atoms with van der Waals surface area (Å²) in [6, 6.07) is 0. The maximum atomic E-state index is 12.4. The van der Waals surface area contributed by atoms with E-state index in [2.05, 4.69) is 98.9 Å². The average molecular weight is 1170 g/mol. The number of hydrogen-bond acceptors (Lipinski definition) is 5. The lowest BCUT2D eigenvalue weighted by atomic mass is 10.0. The van der Waals surface area contributed by atoms with Crippen molar-refractivity contribution in [3.05, 3.63) is 85.1 Å². The van der Waals surface area contributed by atoms with Crippen LogP contribution in [-0.2, 0) is 19.1 Å². The Morgan fingerprint density at radius 2 is 0.512 bits per heavy atom. The van der Waals surface area contributed by atoms with Crippen LogP contribution in [0.1, 0.15) is 386 Å². The van der Waals surface area contributed by atoms with Crippen molar-refractivity contribution >= 4 is 11.9 Å². The average Bonchev–Trinajstić information content (AvgIpc) is 3.51. The molecule has 1 atom stereocenters. The first-order chi connectivity index (χ1) is 41.6. The van der Waals surface area contributed by atoms with E-state index in [1.807, 2.05) is 0 Å². The fourth-order valence-corrected chi connectivity index (χ4v) is 11.1. The third kappa shape index (κ3) is 71.6. The molecule has 0 rings (SSSR count). The molecule has 5 heteroatoms. The van der Waals surface area contributed by atoms with Crippen LogP contribution in [0.2, 0.25) is 0 Å². The van der Waals surface area contributed by atoms with Gasteiger partial charge in [0.05, 0.1) is 6.61 Å². The highest BCUT2D eigenvalue weighted by Gasteiger charge is 2.16. The Labute approximate surface area is 524 Å². The molecule has 0 bridgehead atoms. The lowest BCUT2D eigenvalue weighted by Crippen LogP contribution is -2.28. The predicted octanol–water partition coefficient (Wildman–Crippen LogP) is 26.0. The van der Waals surface area contributed by atoms with Gasteiger partial charge in [-0.25, -0.2) is 0 Å². The Hall–Kier alpha value is -2.92. The summed E-state index contributed by atoms with van der Waals surface area (Å²) < 4.78 is 10.8. The third-order valence-electron chi connectivity index (χ3n) is 16.7. The van der Waals surface area contributed by atoms with Crippen molar-refractivity contribution in [2.24, 2.45) is 0 Å². The smallest absolute Gasteiger partial charge is 0.306 e. The summed E-state index contributed by atoms with van der Waals surface area (Å²) in [4.78, 5) is 24.7. The number of carbonyl (C=O) groups excluding carboxylic acids is 2. The fraction of sp³-hybridized carbons (Fsp3) is 0.797. The third-order valence-corrected chi connectivity index (χ3v) is 16.7. The van der Waals surface area contributed by atoms with Crippen LogP contribution in [0.3, 0.4) is 0 Å². The van der Waals surface area contributed by atoms with Gasteiger partial charge in [0, 0.05) is 12.8 Å². The van der Waals surface area contributed by atoms with Crippen LogP contribution in [0.4, 0.5) is 0 Å². The van der Waals surface area contributed by atoms with Crippen molar-refractivity contribution in [1.82, 2.24) is 0 Å². The summed E-state index contributed by atoms with van der Waals surface area (Å²) in [5.41, 5.74) is 0. The molecule has 0 aromatic heterocycles. The largest absolute Gasteiger partial charge is 0.462 e. The standard InChI is InChI=1S/C79H142O5/c1-3-5-7-9-11-13-15-17-19-21-23-25-27-29-31-33-34-35-36-37-38-39-40-41-42-43-44-46-48-50-52-54-56-58-60-62-64-66-68-70-72-74-79(82)84-77(75-80)76-83-78(81)73-71-69-67-65-63-61-59-57-55-53-51-49-47-45-32-30-28-26-24-22-20-18-16-14-12-10-8-6-4-2/h5,7,11,13,16-19,22-25,28,30,77,80H,3-4,6,8-10,12,14-15,20-21,26-27,29,31-76H2,1-2H3/b7-5-,13-11-,18-16-,19-17-,24-22-,25-23-,30-28-. The van der Waals surface area contributed by atoms with E-state index in [1.54, 1.807) is 0 Å². The van der Waals surface area contributed by atoms with Crippen molar-refractivity contribution in [2.75, 3.05) is 13.2 Å². The van der Waals surface area contributed by atoms with Gasteiger partial charge in [-0.05, 0) is 89.9 Å². The number of allylic oxidation sites excluding steroid dienone is 14. The Kier molecular flexibility index (Phi) is 71.7. The van der Waals surface area contributed by atoms with E-state index >= 15 is 0 Å². The highest BCUT2D eigenvalue weighted by molar-refractivity contribution is 5.70. The van der Waals surface area contributed by atoms with E-state index in [9.17, 15) is 14.7 Å². The topological polar surface area (TPSA) is 72.8 Å². The number of hydrogen-bond donors (Lipinski definition) is 1. The van der Waals surface area contributed by atoms with Gasteiger partial charge < -0.3 is 14.6 Å². The summed E-state index contributed by atoms with van der Waals surface area (Å²) in [6.07, 6.45) is 105. The zero-order valence-electron chi connectivity index (χ0n) is 56.2. The van der Waals surface area contributed by atoms with Crippen LogP contribution in [0.15, 0.2) is 85.1 Å². The van der Waals surface area contributed by atoms with Crippen molar-refractivity contribution in [2.45, 2.75) is 392 Å². The molecule has 0 saturated heterocycles. The number of unbranched alkanes of at least 4 members (excludes halogenated alkanes) is 47. The zero-order valence-corrected chi connectivity index (χ0v) is 56.2. The molecule has 1 N–H and O–H groups in total. The monoisotopic (exact) mass is 1170 g/mol. The van der Waals surface area contributed by atoms with Gasteiger partial charge in [0.15, 0.2) is 6.10 Å². The minimum atomic E-state index is -0.774. The van der Waals surface area contributed by atoms with Crippen LogP contribution in [-0.4, -0.2) is 36.4 Å². The molecule has 0 amide bonds. The van der Waals surface area contributed by atoms with E-state index < -0.39 is 6.10 Å². The molecule has 0 fully saturated rings. The second-order valence-corrected chi connectivity index (χ2v) is 25.0. The lowest BCUT2D eigenvalue weighted by Gasteiger charge is -2.15. The summed E-state index contributed by atoms with van der Waals surface area (Å²) in [5, 5.41) is 9.71. The molecule has 0 spiro atoms. The second-order valence-electron chi connectivity index (χ2n) is 25.0. The first kappa shape index (κ1) is 81.1. The van der Waals surface area contributed by atoms with Gasteiger partial charge in [-0.1, -0.05) is 369 Å². The summed E-state index contributed by atoms with van der Waals surface area (Å²) >= 11 is 0. The molecule has 0 aliphatic rings. The maximum Gasteiger partial charge on any atom is 0.306 e. The SMILES string of the molecule is CC/C=C\C/C=C\C/C=C\C/C=C\CCCCCCCCCCCCCCCCCCCCCCCCCCCCCCC(=O)OC(CO)COC(=O)CCCCCCCCCCCCCCCC/C=C\C/C=C\C/C=C\CCCCCCC. The first-order valence-corrected chi connectivity index (χ1v) is 37.1. The van der Waals surface area contributed by atoms with Crippen molar-refractivity contribution in [1.29, 1.82) is 0 Å². The van der Waals surface area contributed by atoms with Crippen molar-refractivity contribution < 1.29 is 24.2 Å². The van der Waals surface area contributed by atoms with E-state index in [0.29, 0.717) is 12.8 Å². The van der Waals surface area contributed by atoms with Gasteiger partial charge in [0.1, 0.15) is 6.61 Å². The van der Waals surface area contributed by atoms with E-state index in [1.165, 1.54) is 283 Å². The number of rotatable bonds is 69. The second kappa shape index (κ2) is 74.3. The van der Waals surface area contributed by atoms with Crippen LogP contribution < -0.4 is 0 Å². The minimum absolute atomic E-state index is 0.0633. The Balaban J connectivity index is 3.39. The van der Waals surface area contributed by atoms with E-state index in [-0.39, 0.29) is 25.2 Å². The fourth-order valence-electron chi connectivity index (χ4n) is 11.1. The number of esters is 2. The predicted molar refractivity (Wildman–Crippen MR) is 371 cm³/mol. The molecule has 0 saturated carbocycles. The molecule has 84 heavy (non-hydrogen) atoms. The lowest BCUT2D eigenvalue weighted by molar-refractivity contribution is -0.161. The van der Waals surface area contributed by atoms with Gasteiger partial charge in [0.25, 0.3) is 0 Å². The molecule has 0 aromatic carbocycles. The molecular weight excluding hydrogens is 1030 g/mol. The quantitative estimate of drug-likeness (QED) is 0.0373. The molecule has 0 aromatic rings. The van der Waals surface area contributed by atoms with Crippen molar-refractivity contribution in [3.8, 4) is 0 Å². The number of aliphatic hydroxyl groups is 1. The number of aliphatic hydroxyl groups excluding tert-OH is 1. The van der Waals surface area contributed by atoms with E-state index in [0.717, 1.165) is 77.0 Å². The normalized spacial score (nSPS) is 12.7. The number of carbonyl (C=O) groups is 2. The van der Waals surface area contributed by atoms with E-state index in [4.69, 9.17) is 9.47 Å². The van der Waals surface area contributed by atoms with Crippen LogP contribution in [0.25, 0.3) is 0 Å². The van der Waals surface area contributed by atoms with Crippen LogP contribution in [0, 0.1) is 0 Å². The van der Waals surface area contributed by atoms with Crippen molar-refractivity contribution in [3.63, 3.8) is 0 Å². The van der Waals surface area contributed by atoms with Gasteiger partial charge in [-0.15, -0.1) is 0 Å². The minimum Gasteiger partial charge on any atom is -0.462 e. The molecule has 488 valence electrons. The highest BCUT2D eigenvalue weighted by Crippen LogP contribution is 2.19. The summed E-state index contributed by atoms with van der Waals surface area (Å²) in [6.45, 7) is 4.06. The van der Waals surface area contributed by atoms with Gasteiger partial charge >= 0.3 is 11.9 Å². The first-order valence-electron chi connectivity index (χ1n) is 37.1. The zero-order chi connectivity index (χ0) is 60.5.